The molecule has 9 nitrogen and oxygen atoms in total. The Morgan fingerprint density at radius 3 is 2.81 bits per heavy atom. The van der Waals surface area contributed by atoms with Gasteiger partial charge in [-0.25, -0.2) is 0 Å². The molecule has 0 bridgehead atoms. The van der Waals surface area contributed by atoms with Gasteiger partial charge in [-0.2, -0.15) is 0 Å². The molecule has 1 fully saturated rings. The van der Waals surface area contributed by atoms with Gasteiger partial charge in [0.2, 0.25) is 5.91 Å². The monoisotopic (exact) mass is 473 g/mol. The maximum Gasteiger partial charge on any atom is 0.251 e. The summed E-state index contributed by atoms with van der Waals surface area (Å²) >= 11 is 2.54. The quantitative estimate of drug-likeness (QED) is 0.458. The van der Waals surface area contributed by atoms with Crippen molar-refractivity contribution in [3.05, 3.63) is 41.3 Å². The number of nitrogens with zero attached hydrogens (tertiary/aromatic N) is 3. The molecular weight excluding hydrogens is 450 g/mol. The zero-order valence-corrected chi connectivity index (χ0v) is 19.1. The first-order chi connectivity index (χ1) is 15.5. The molecule has 2 aromatic heterocycles. The maximum absolute atomic E-state index is 12.5. The third-order valence-corrected chi connectivity index (χ3v) is 6.79. The van der Waals surface area contributed by atoms with Crippen LogP contribution in [0.2, 0.25) is 0 Å². The number of primary amides is 1. The van der Waals surface area contributed by atoms with E-state index in [2.05, 4.69) is 15.5 Å². The van der Waals surface area contributed by atoms with Crippen LogP contribution in [0.25, 0.3) is 11.4 Å². The van der Waals surface area contributed by atoms with Gasteiger partial charge < -0.3 is 20.5 Å². The third kappa shape index (κ3) is 5.12. The third-order valence-electron chi connectivity index (χ3n) is 4.99. The fourth-order valence-corrected chi connectivity index (χ4v) is 4.95. The molecule has 1 saturated heterocycles. The lowest BCUT2D eigenvalue weighted by Crippen LogP contribution is -2.19. The Bertz CT molecular complexity index is 1090. The molecule has 1 aromatic carbocycles. The van der Waals surface area contributed by atoms with Crippen molar-refractivity contribution < 1.29 is 19.1 Å². The first kappa shape index (κ1) is 22.3. The number of carbonyl (C=O) groups is 2. The van der Waals surface area contributed by atoms with Gasteiger partial charge in [0, 0.05) is 12.2 Å². The SMILES string of the molecule is COc1ccc(-c2nnc(SCC(=O)Nc3sccc3C(N)=O)n2CC2CCCO2)cc1. The van der Waals surface area contributed by atoms with Gasteiger partial charge in [-0.1, -0.05) is 11.8 Å². The minimum absolute atomic E-state index is 0.0837. The number of hydrogen-bond acceptors (Lipinski definition) is 8. The lowest BCUT2D eigenvalue weighted by Gasteiger charge is -2.15. The van der Waals surface area contributed by atoms with Crippen LogP contribution < -0.4 is 15.8 Å². The number of rotatable bonds is 9. The minimum Gasteiger partial charge on any atom is -0.497 e. The van der Waals surface area contributed by atoms with Crippen molar-refractivity contribution >= 4 is 39.9 Å². The fraction of sp³-hybridized carbons (Fsp3) is 0.333. The molecule has 0 radical (unpaired) electrons. The normalized spacial score (nSPS) is 15.6. The van der Waals surface area contributed by atoms with Gasteiger partial charge in [-0.3, -0.25) is 14.2 Å². The molecule has 32 heavy (non-hydrogen) atoms. The molecule has 1 aliphatic heterocycles. The second-order valence-electron chi connectivity index (χ2n) is 7.14. The van der Waals surface area contributed by atoms with Crippen LogP contribution in [0.5, 0.6) is 5.75 Å². The molecule has 0 aliphatic carbocycles. The number of thiophene rings is 1. The first-order valence-electron chi connectivity index (χ1n) is 10.0. The number of ether oxygens (including phenoxy) is 2. The van der Waals surface area contributed by atoms with Crippen LogP contribution >= 0.6 is 23.1 Å². The van der Waals surface area contributed by atoms with Crippen molar-refractivity contribution in [1.29, 1.82) is 0 Å². The molecule has 168 valence electrons. The number of aromatic nitrogens is 3. The summed E-state index contributed by atoms with van der Waals surface area (Å²) in [7, 11) is 1.62. The van der Waals surface area contributed by atoms with Crippen LogP contribution in [0.1, 0.15) is 23.2 Å². The Kier molecular flexibility index (Phi) is 7.08. The molecule has 0 spiro atoms. The van der Waals surface area contributed by atoms with E-state index in [1.165, 1.54) is 23.1 Å². The summed E-state index contributed by atoms with van der Waals surface area (Å²) in [5.41, 5.74) is 6.55. The Morgan fingerprint density at radius 1 is 1.31 bits per heavy atom. The number of hydrogen-bond donors (Lipinski definition) is 2. The molecule has 1 aliphatic rings. The summed E-state index contributed by atoms with van der Waals surface area (Å²) < 4.78 is 13.0. The van der Waals surface area contributed by atoms with Crippen molar-refractivity contribution in [3.8, 4) is 17.1 Å². The van der Waals surface area contributed by atoms with Crippen LogP contribution in [-0.2, 0) is 16.1 Å². The fourth-order valence-electron chi connectivity index (χ4n) is 3.40. The van der Waals surface area contributed by atoms with E-state index < -0.39 is 5.91 Å². The standard InChI is InChI=1S/C21H23N5O4S2/c1-29-14-6-4-13(5-7-14)19-24-25-21(26(19)11-15-3-2-9-30-15)32-12-17(27)23-20-16(18(22)28)8-10-31-20/h4-8,10,15H,2-3,9,11-12H2,1H3,(H2,22,28)(H,23,27). The minimum atomic E-state index is -0.574. The highest BCUT2D eigenvalue weighted by Gasteiger charge is 2.22. The molecule has 11 heteroatoms. The molecule has 1 unspecified atom stereocenters. The second-order valence-corrected chi connectivity index (χ2v) is 9.00. The summed E-state index contributed by atoms with van der Waals surface area (Å²) in [4.78, 5) is 24.0. The molecule has 3 aromatic rings. The van der Waals surface area contributed by atoms with E-state index in [0.29, 0.717) is 28.1 Å². The van der Waals surface area contributed by atoms with Gasteiger partial charge in [0.25, 0.3) is 5.91 Å². The molecule has 4 rings (SSSR count). The molecule has 3 heterocycles. The molecule has 1 atom stereocenters. The van der Waals surface area contributed by atoms with Crippen molar-refractivity contribution in [2.24, 2.45) is 5.73 Å². The Labute approximate surface area is 193 Å². The summed E-state index contributed by atoms with van der Waals surface area (Å²) in [6, 6.07) is 9.20. The predicted octanol–water partition coefficient (Wildman–Crippen LogP) is 3.02. The summed E-state index contributed by atoms with van der Waals surface area (Å²) in [6.45, 7) is 1.35. The van der Waals surface area contributed by atoms with Crippen LogP contribution in [-0.4, -0.2) is 52.2 Å². The number of nitrogens with one attached hydrogen (secondary N) is 1. The number of anilines is 1. The Hall–Kier alpha value is -2.89. The van der Waals surface area contributed by atoms with E-state index >= 15 is 0 Å². The van der Waals surface area contributed by atoms with E-state index in [9.17, 15) is 9.59 Å². The van der Waals surface area contributed by atoms with Crippen LogP contribution in [0, 0.1) is 0 Å². The molecular formula is C21H23N5O4S2. The van der Waals surface area contributed by atoms with Gasteiger partial charge >= 0.3 is 0 Å². The van der Waals surface area contributed by atoms with Gasteiger partial charge in [0.05, 0.1) is 31.1 Å². The van der Waals surface area contributed by atoms with Gasteiger partial charge in [-0.15, -0.1) is 21.5 Å². The number of carbonyl (C=O) groups excluding carboxylic acids is 2. The predicted molar refractivity (Wildman–Crippen MR) is 123 cm³/mol. The van der Waals surface area contributed by atoms with Gasteiger partial charge in [-0.05, 0) is 48.6 Å². The summed E-state index contributed by atoms with van der Waals surface area (Å²) in [5.74, 6) is 0.754. The number of thioether (sulfide) groups is 1. The zero-order chi connectivity index (χ0) is 22.5. The van der Waals surface area contributed by atoms with Crippen LogP contribution in [0.15, 0.2) is 40.9 Å². The van der Waals surface area contributed by atoms with Crippen LogP contribution in [0.4, 0.5) is 5.00 Å². The summed E-state index contributed by atoms with van der Waals surface area (Å²) in [6.07, 6.45) is 2.08. The maximum atomic E-state index is 12.5. The second kappa shape index (κ2) is 10.2. The number of amides is 2. The van der Waals surface area contributed by atoms with E-state index in [-0.39, 0.29) is 17.8 Å². The van der Waals surface area contributed by atoms with E-state index in [1.807, 2.05) is 28.8 Å². The molecule has 0 saturated carbocycles. The number of methoxy groups -OCH3 is 1. The van der Waals surface area contributed by atoms with E-state index in [1.54, 1.807) is 18.6 Å². The smallest absolute Gasteiger partial charge is 0.251 e. The highest BCUT2D eigenvalue weighted by molar-refractivity contribution is 7.99. The lowest BCUT2D eigenvalue weighted by atomic mass is 10.2. The molecule has 3 N–H and O–H groups in total. The zero-order valence-electron chi connectivity index (χ0n) is 17.4. The highest BCUT2D eigenvalue weighted by Crippen LogP contribution is 2.28. The number of nitrogens with two attached hydrogens (primary N) is 1. The summed E-state index contributed by atoms with van der Waals surface area (Å²) in [5, 5.41) is 14.2. The van der Waals surface area contributed by atoms with Gasteiger partial charge in [0.1, 0.15) is 10.8 Å². The van der Waals surface area contributed by atoms with Gasteiger partial charge in [0.15, 0.2) is 11.0 Å². The topological polar surface area (TPSA) is 121 Å². The van der Waals surface area contributed by atoms with Crippen molar-refractivity contribution in [3.63, 3.8) is 0 Å². The van der Waals surface area contributed by atoms with Crippen LogP contribution in [0.3, 0.4) is 0 Å². The average molecular weight is 474 g/mol. The van der Waals surface area contributed by atoms with E-state index in [4.69, 9.17) is 15.2 Å². The van der Waals surface area contributed by atoms with Crippen molar-refractivity contribution in [2.75, 3.05) is 24.8 Å². The lowest BCUT2D eigenvalue weighted by molar-refractivity contribution is -0.113. The Morgan fingerprint density at radius 2 is 2.12 bits per heavy atom. The van der Waals surface area contributed by atoms with E-state index in [0.717, 1.165) is 30.8 Å². The number of benzene rings is 1. The highest BCUT2D eigenvalue weighted by atomic mass is 32.2. The van der Waals surface area contributed by atoms with Crippen molar-refractivity contribution in [1.82, 2.24) is 14.8 Å². The first-order valence-corrected chi connectivity index (χ1v) is 11.9. The average Bonchev–Trinajstić information content (AvgIpc) is 3.54. The van der Waals surface area contributed by atoms with Crippen molar-refractivity contribution in [2.45, 2.75) is 30.6 Å². The molecule has 2 amide bonds. The largest absolute Gasteiger partial charge is 0.497 e. The Balaban J connectivity index is 1.50.